The average molecular weight is 586 g/mol. The minimum atomic E-state index is -1.76. The number of carbonyl (C=O) groups is 1. The van der Waals surface area contributed by atoms with E-state index in [9.17, 15) is 45.6 Å². The molecule has 18 nitrogen and oxygen atoms in total. The fraction of sp³-hybridized carbons (Fsp3) is 0.955. The third-order valence-corrected chi connectivity index (χ3v) is 7.51. The molecular weight excluding hydrogens is 542 g/mol. The zero-order valence-electron chi connectivity index (χ0n) is 21.7. The largest absolute Gasteiger partial charge is 0.394 e. The molecule has 0 spiro atoms. The molecule has 1 aliphatic carbocycles. The van der Waals surface area contributed by atoms with Crippen LogP contribution < -0.4 is 28.3 Å². The Morgan fingerprint density at radius 2 is 1.45 bits per heavy atom. The monoisotopic (exact) mass is 585 g/mol. The lowest BCUT2D eigenvalue weighted by molar-refractivity contribution is -0.332. The second-order valence-corrected chi connectivity index (χ2v) is 10.3. The molecule has 17 N–H and O–H groups in total. The molecule has 3 rings (SSSR count). The van der Waals surface area contributed by atoms with Crippen molar-refractivity contribution in [3.63, 3.8) is 0 Å². The number of nitrogens with one attached hydrogen (secondary N) is 1. The average Bonchev–Trinajstić information content (AvgIpc) is 2.92. The highest BCUT2D eigenvalue weighted by atomic mass is 16.7. The lowest BCUT2D eigenvalue weighted by atomic mass is 9.83. The van der Waals surface area contributed by atoms with Crippen molar-refractivity contribution < 1.29 is 64.6 Å². The van der Waals surface area contributed by atoms with Crippen LogP contribution >= 0.6 is 0 Å². The highest BCUT2D eigenvalue weighted by molar-refractivity contribution is 5.80. The Kier molecular flexibility index (Phi) is 11.9. The van der Waals surface area contributed by atoms with Crippen molar-refractivity contribution in [2.75, 3.05) is 19.7 Å². The number of amides is 1. The summed E-state index contributed by atoms with van der Waals surface area (Å²) in [6.45, 7) is -0.898. The number of nitrogens with two attached hydrogens (primary N) is 4. The van der Waals surface area contributed by atoms with Crippen LogP contribution in [0.15, 0.2) is 0 Å². The van der Waals surface area contributed by atoms with Gasteiger partial charge in [0.05, 0.1) is 18.7 Å². The summed E-state index contributed by atoms with van der Waals surface area (Å²) in [5.41, 5.74) is 23.1. The highest BCUT2D eigenvalue weighted by Crippen LogP contribution is 2.32. The molecule has 2 saturated heterocycles. The van der Waals surface area contributed by atoms with Gasteiger partial charge < -0.3 is 88.1 Å². The van der Waals surface area contributed by atoms with Crippen LogP contribution in [0.1, 0.15) is 12.8 Å². The SMILES string of the molecule is NCC[C@H](O)C(=O)NC1C[C@H](N)[C@@H](OC2O[C@H](CN)[C@@H](O)C(O)[C@H]2O)[C@H](O)C1O[C@H]1O[C@H](CO)[C@@H](O)[C@H](N)[C@H]1O. The summed E-state index contributed by atoms with van der Waals surface area (Å²) < 4.78 is 22.5. The van der Waals surface area contributed by atoms with Crippen molar-refractivity contribution in [2.24, 2.45) is 22.9 Å². The van der Waals surface area contributed by atoms with E-state index in [1.54, 1.807) is 0 Å². The standard InChI is InChI=1S/C22H43N5O13/c23-2-1-8(29)20(36)27-7-3-6(25)18(39-22-16(34)15(33)13(31)9(4-24)37-22)17(35)19(7)40-21-14(32)11(26)12(30)10(5-28)38-21/h6-19,21-22,28-35H,1-5,23-26H2,(H,27,36)/t6-,7?,8-,9+,10+,11-,12+,13+,14+,15?,16+,17-,18+,19?,21+,22?/m0/s1. The molecule has 4 unspecified atom stereocenters. The Bertz CT molecular complexity index is 815. The van der Waals surface area contributed by atoms with Gasteiger partial charge in [-0.25, -0.2) is 0 Å². The van der Waals surface area contributed by atoms with Gasteiger partial charge in [-0.15, -0.1) is 0 Å². The summed E-state index contributed by atoms with van der Waals surface area (Å²) in [4.78, 5) is 12.6. The molecule has 0 aromatic carbocycles. The Morgan fingerprint density at radius 3 is 2.05 bits per heavy atom. The molecule has 3 aliphatic rings. The van der Waals surface area contributed by atoms with Crippen molar-refractivity contribution >= 4 is 5.91 Å². The Hall–Kier alpha value is -1.17. The summed E-state index contributed by atoms with van der Waals surface area (Å²) in [6.07, 6.45) is -19.8. The first kappa shape index (κ1) is 33.3. The van der Waals surface area contributed by atoms with Crippen LogP contribution in [-0.4, -0.2) is 164 Å². The van der Waals surface area contributed by atoms with Crippen LogP contribution in [-0.2, 0) is 23.7 Å². The van der Waals surface area contributed by atoms with E-state index in [0.29, 0.717) is 0 Å². The van der Waals surface area contributed by atoms with Gasteiger partial charge in [0.2, 0.25) is 5.91 Å². The first-order chi connectivity index (χ1) is 18.9. The van der Waals surface area contributed by atoms with E-state index in [1.165, 1.54) is 0 Å². The van der Waals surface area contributed by atoms with Crippen molar-refractivity contribution in [2.45, 2.75) is 111 Å². The number of rotatable bonds is 10. The maximum Gasteiger partial charge on any atom is 0.249 e. The number of aliphatic hydroxyl groups is 8. The van der Waals surface area contributed by atoms with Crippen molar-refractivity contribution in [3.8, 4) is 0 Å². The number of carbonyl (C=O) groups excluding carboxylic acids is 1. The van der Waals surface area contributed by atoms with Crippen LogP contribution in [0.5, 0.6) is 0 Å². The molecule has 0 aromatic rings. The molecule has 234 valence electrons. The minimum absolute atomic E-state index is 0.0101. The molecule has 18 heteroatoms. The van der Waals surface area contributed by atoms with Gasteiger partial charge in [-0.05, 0) is 19.4 Å². The predicted molar refractivity (Wildman–Crippen MR) is 131 cm³/mol. The van der Waals surface area contributed by atoms with Crippen LogP contribution in [0, 0.1) is 0 Å². The fourth-order valence-corrected chi connectivity index (χ4v) is 5.07. The first-order valence-corrected chi connectivity index (χ1v) is 13.1. The molecule has 0 bridgehead atoms. The zero-order valence-corrected chi connectivity index (χ0v) is 21.7. The summed E-state index contributed by atoms with van der Waals surface area (Å²) in [7, 11) is 0. The predicted octanol–water partition coefficient (Wildman–Crippen LogP) is -8.42. The van der Waals surface area contributed by atoms with Gasteiger partial charge in [0.1, 0.15) is 67.1 Å². The van der Waals surface area contributed by atoms with Gasteiger partial charge in [0.15, 0.2) is 12.6 Å². The van der Waals surface area contributed by atoms with Gasteiger partial charge in [-0.2, -0.15) is 0 Å². The number of aliphatic hydroxyl groups excluding tert-OH is 8. The maximum absolute atomic E-state index is 12.6. The van der Waals surface area contributed by atoms with Crippen LogP contribution in [0.3, 0.4) is 0 Å². The van der Waals surface area contributed by atoms with E-state index in [2.05, 4.69) is 5.32 Å². The Labute approximate surface area is 229 Å². The number of hydrogen-bond donors (Lipinski definition) is 13. The zero-order chi connectivity index (χ0) is 29.9. The summed E-state index contributed by atoms with van der Waals surface area (Å²) in [5, 5.41) is 84.9. The van der Waals surface area contributed by atoms with Gasteiger partial charge in [0, 0.05) is 12.6 Å². The quantitative estimate of drug-likeness (QED) is 0.113. The van der Waals surface area contributed by atoms with E-state index in [-0.39, 0.29) is 25.9 Å². The summed E-state index contributed by atoms with van der Waals surface area (Å²) >= 11 is 0. The molecule has 0 radical (unpaired) electrons. The van der Waals surface area contributed by atoms with Crippen molar-refractivity contribution in [1.29, 1.82) is 0 Å². The molecule has 0 aromatic heterocycles. The minimum Gasteiger partial charge on any atom is -0.394 e. The van der Waals surface area contributed by atoms with E-state index in [0.717, 1.165) is 0 Å². The van der Waals surface area contributed by atoms with Crippen LogP contribution in [0.2, 0.25) is 0 Å². The van der Waals surface area contributed by atoms with E-state index in [4.69, 9.17) is 41.9 Å². The van der Waals surface area contributed by atoms with E-state index in [1.807, 2.05) is 0 Å². The second kappa shape index (κ2) is 14.3. The molecule has 1 amide bonds. The summed E-state index contributed by atoms with van der Waals surface area (Å²) in [6, 6.07) is -3.45. The smallest absolute Gasteiger partial charge is 0.249 e. The van der Waals surface area contributed by atoms with E-state index < -0.39 is 110 Å². The van der Waals surface area contributed by atoms with Crippen LogP contribution in [0.25, 0.3) is 0 Å². The van der Waals surface area contributed by atoms with Crippen molar-refractivity contribution in [3.05, 3.63) is 0 Å². The third-order valence-electron chi connectivity index (χ3n) is 7.51. The van der Waals surface area contributed by atoms with Crippen molar-refractivity contribution in [1.82, 2.24) is 5.32 Å². The molecular formula is C22H43N5O13. The highest BCUT2D eigenvalue weighted by Gasteiger charge is 2.52. The normalized spacial score (nSPS) is 47.0. The van der Waals surface area contributed by atoms with Gasteiger partial charge in [-0.3, -0.25) is 4.79 Å². The third kappa shape index (κ3) is 7.06. The Morgan fingerprint density at radius 1 is 0.850 bits per heavy atom. The summed E-state index contributed by atoms with van der Waals surface area (Å²) in [5.74, 6) is -0.845. The van der Waals surface area contributed by atoms with E-state index >= 15 is 0 Å². The fourth-order valence-electron chi connectivity index (χ4n) is 5.07. The molecule has 40 heavy (non-hydrogen) atoms. The van der Waals surface area contributed by atoms with Gasteiger partial charge in [-0.1, -0.05) is 0 Å². The second-order valence-electron chi connectivity index (χ2n) is 10.3. The van der Waals surface area contributed by atoms with Crippen LogP contribution in [0.4, 0.5) is 0 Å². The van der Waals surface area contributed by atoms with Gasteiger partial charge in [0.25, 0.3) is 0 Å². The molecule has 2 heterocycles. The topological polar surface area (TPSA) is 332 Å². The number of ether oxygens (including phenoxy) is 4. The lowest BCUT2D eigenvalue weighted by Gasteiger charge is -2.49. The first-order valence-electron chi connectivity index (χ1n) is 13.1. The molecule has 2 aliphatic heterocycles. The number of hydrogen-bond acceptors (Lipinski definition) is 17. The molecule has 16 atom stereocenters. The van der Waals surface area contributed by atoms with Gasteiger partial charge >= 0.3 is 0 Å². The maximum atomic E-state index is 12.6. The lowest BCUT2D eigenvalue weighted by Crippen LogP contribution is -2.69. The molecule has 3 fully saturated rings. The Balaban J connectivity index is 1.85. The molecule has 1 saturated carbocycles.